The fraction of sp³-hybridized carbons (Fsp3) is 0.500. The summed E-state index contributed by atoms with van der Waals surface area (Å²) in [7, 11) is 0. The molecule has 14 heavy (non-hydrogen) atoms. The van der Waals surface area contributed by atoms with Crippen molar-refractivity contribution in [1.82, 2.24) is 4.98 Å². The molecular formula is C10H12BrNO2. The summed E-state index contributed by atoms with van der Waals surface area (Å²) in [5, 5.41) is 0. The van der Waals surface area contributed by atoms with Crippen LogP contribution in [-0.2, 0) is 16.1 Å². The summed E-state index contributed by atoms with van der Waals surface area (Å²) in [6.45, 7) is 2.10. The molecule has 1 atom stereocenters. The lowest BCUT2D eigenvalue weighted by Crippen LogP contribution is -2.12. The van der Waals surface area contributed by atoms with Crippen molar-refractivity contribution in [2.75, 3.05) is 13.2 Å². The van der Waals surface area contributed by atoms with Crippen LogP contribution in [0.15, 0.2) is 22.8 Å². The Morgan fingerprint density at radius 2 is 2.50 bits per heavy atom. The molecular weight excluding hydrogens is 246 g/mol. The molecule has 0 amide bonds. The van der Waals surface area contributed by atoms with Gasteiger partial charge in [0, 0.05) is 6.61 Å². The summed E-state index contributed by atoms with van der Waals surface area (Å²) >= 11 is 3.32. The zero-order chi connectivity index (χ0) is 9.80. The smallest absolute Gasteiger partial charge is 0.106 e. The van der Waals surface area contributed by atoms with Crippen LogP contribution in [0.3, 0.4) is 0 Å². The van der Waals surface area contributed by atoms with Gasteiger partial charge in [-0.25, -0.2) is 4.98 Å². The molecule has 1 aliphatic heterocycles. The number of nitrogens with zero attached hydrogens (tertiary/aromatic N) is 1. The molecule has 1 fully saturated rings. The Morgan fingerprint density at radius 3 is 3.21 bits per heavy atom. The van der Waals surface area contributed by atoms with Crippen LogP contribution in [-0.4, -0.2) is 24.3 Å². The first-order valence-electron chi connectivity index (χ1n) is 4.65. The van der Waals surface area contributed by atoms with E-state index in [-0.39, 0.29) is 6.10 Å². The molecule has 0 aliphatic carbocycles. The molecule has 1 aliphatic rings. The lowest BCUT2D eigenvalue weighted by atomic mass is 10.3. The molecule has 0 radical (unpaired) electrons. The zero-order valence-corrected chi connectivity index (χ0v) is 9.37. The van der Waals surface area contributed by atoms with E-state index in [1.807, 2.05) is 18.2 Å². The summed E-state index contributed by atoms with van der Waals surface area (Å²) in [5.74, 6) is 0. The molecule has 4 heteroatoms. The maximum absolute atomic E-state index is 5.64. The highest BCUT2D eigenvalue weighted by Crippen LogP contribution is 2.12. The molecule has 1 aromatic rings. The maximum Gasteiger partial charge on any atom is 0.106 e. The van der Waals surface area contributed by atoms with Crippen molar-refractivity contribution >= 4 is 15.9 Å². The van der Waals surface area contributed by atoms with Crippen LogP contribution in [0.5, 0.6) is 0 Å². The van der Waals surface area contributed by atoms with Gasteiger partial charge in [0.1, 0.15) is 4.60 Å². The van der Waals surface area contributed by atoms with Crippen molar-refractivity contribution in [3.8, 4) is 0 Å². The molecule has 0 unspecified atom stereocenters. The van der Waals surface area contributed by atoms with Gasteiger partial charge in [-0.05, 0) is 34.5 Å². The first-order valence-corrected chi connectivity index (χ1v) is 5.44. The Morgan fingerprint density at radius 1 is 1.57 bits per heavy atom. The molecule has 0 spiro atoms. The van der Waals surface area contributed by atoms with Crippen LogP contribution in [0.4, 0.5) is 0 Å². The summed E-state index contributed by atoms with van der Waals surface area (Å²) in [6, 6.07) is 5.82. The maximum atomic E-state index is 5.64. The van der Waals surface area contributed by atoms with E-state index in [1.165, 1.54) is 0 Å². The van der Waals surface area contributed by atoms with Crippen LogP contribution >= 0.6 is 15.9 Å². The van der Waals surface area contributed by atoms with Crippen LogP contribution in [0.1, 0.15) is 12.1 Å². The number of aromatic nitrogens is 1. The van der Waals surface area contributed by atoms with E-state index in [0.717, 1.165) is 23.3 Å². The molecule has 1 saturated heterocycles. The minimum atomic E-state index is 0.246. The van der Waals surface area contributed by atoms with Crippen molar-refractivity contribution in [3.05, 3.63) is 28.5 Å². The molecule has 0 bridgehead atoms. The van der Waals surface area contributed by atoms with Crippen molar-refractivity contribution < 1.29 is 9.47 Å². The number of rotatable bonds is 3. The predicted octanol–water partition coefficient (Wildman–Crippen LogP) is 2.15. The van der Waals surface area contributed by atoms with Gasteiger partial charge in [0.2, 0.25) is 0 Å². The van der Waals surface area contributed by atoms with E-state index in [2.05, 4.69) is 20.9 Å². The third kappa shape index (κ3) is 2.77. The molecule has 0 saturated carbocycles. The Hall–Kier alpha value is -0.450. The average Bonchev–Trinajstić information content (AvgIpc) is 2.67. The van der Waals surface area contributed by atoms with Crippen LogP contribution < -0.4 is 0 Å². The van der Waals surface area contributed by atoms with E-state index >= 15 is 0 Å². The van der Waals surface area contributed by atoms with Gasteiger partial charge in [-0.1, -0.05) is 6.07 Å². The predicted molar refractivity (Wildman–Crippen MR) is 56.0 cm³/mol. The standard InChI is InChI=1S/C10H12BrNO2/c11-10-3-1-2-8(12-10)6-14-9-4-5-13-7-9/h1-3,9H,4-7H2/t9-/m1/s1. The third-order valence-corrected chi connectivity index (χ3v) is 2.57. The summed E-state index contributed by atoms with van der Waals surface area (Å²) in [6.07, 6.45) is 1.24. The Labute approximate surface area is 91.6 Å². The second kappa shape index (κ2) is 4.87. The highest BCUT2D eigenvalue weighted by Gasteiger charge is 2.15. The molecule has 1 aromatic heterocycles. The van der Waals surface area contributed by atoms with Crippen LogP contribution in [0.25, 0.3) is 0 Å². The summed E-state index contributed by atoms with van der Waals surface area (Å²) in [5.41, 5.74) is 0.950. The van der Waals surface area contributed by atoms with Gasteiger partial charge in [-0.2, -0.15) is 0 Å². The van der Waals surface area contributed by atoms with Crippen molar-refractivity contribution in [2.24, 2.45) is 0 Å². The molecule has 0 aromatic carbocycles. The van der Waals surface area contributed by atoms with E-state index in [4.69, 9.17) is 9.47 Å². The normalized spacial score (nSPS) is 21.4. The molecule has 3 nitrogen and oxygen atoms in total. The lowest BCUT2D eigenvalue weighted by Gasteiger charge is -2.08. The van der Waals surface area contributed by atoms with E-state index in [1.54, 1.807) is 0 Å². The fourth-order valence-electron chi connectivity index (χ4n) is 1.38. The van der Waals surface area contributed by atoms with Gasteiger partial charge < -0.3 is 9.47 Å². The van der Waals surface area contributed by atoms with Gasteiger partial charge in [0.15, 0.2) is 0 Å². The lowest BCUT2D eigenvalue weighted by molar-refractivity contribution is 0.0301. The Kier molecular flexibility index (Phi) is 3.50. The average molecular weight is 258 g/mol. The fourth-order valence-corrected chi connectivity index (χ4v) is 1.76. The van der Waals surface area contributed by atoms with Gasteiger partial charge in [-0.3, -0.25) is 0 Å². The van der Waals surface area contributed by atoms with Crippen molar-refractivity contribution in [3.63, 3.8) is 0 Å². The monoisotopic (exact) mass is 257 g/mol. The molecule has 76 valence electrons. The zero-order valence-electron chi connectivity index (χ0n) is 7.78. The largest absolute Gasteiger partial charge is 0.379 e. The van der Waals surface area contributed by atoms with E-state index in [0.29, 0.717) is 13.2 Å². The highest BCUT2D eigenvalue weighted by molar-refractivity contribution is 9.10. The first-order chi connectivity index (χ1) is 6.84. The van der Waals surface area contributed by atoms with Crippen molar-refractivity contribution in [1.29, 1.82) is 0 Å². The minimum Gasteiger partial charge on any atom is -0.379 e. The van der Waals surface area contributed by atoms with Gasteiger partial charge >= 0.3 is 0 Å². The third-order valence-electron chi connectivity index (χ3n) is 2.13. The summed E-state index contributed by atoms with van der Waals surface area (Å²) < 4.78 is 11.7. The first kappa shape index (κ1) is 10.1. The minimum absolute atomic E-state index is 0.246. The van der Waals surface area contributed by atoms with Crippen LogP contribution in [0, 0.1) is 0 Å². The highest BCUT2D eigenvalue weighted by atomic mass is 79.9. The Balaban J connectivity index is 1.85. The molecule has 0 N–H and O–H groups in total. The number of hydrogen-bond donors (Lipinski definition) is 0. The van der Waals surface area contributed by atoms with Gasteiger partial charge in [-0.15, -0.1) is 0 Å². The molecule has 2 heterocycles. The topological polar surface area (TPSA) is 31.4 Å². The summed E-state index contributed by atoms with van der Waals surface area (Å²) in [4.78, 5) is 4.28. The number of ether oxygens (including phenoxy) is 2. The second-order valence-corrected chi connectivity index (χ2v) is 4.06. The molecule has 2 rings (SSSR count). The van der Waals surface area contributed by atoms with Gasteiger partial charge in [0.25, 0.3) is 0 Å². The Bertz CT molecular complexity index is 300. The van der Waals surface area contributed by atoms with Crippen molar-refractivity contribution in [2.45, 2.75) is 19.1 Å². The van der Waals surface area contributed by atoms with E-state index in [9.17, 15) is 0 Å². The quantitative estimate of drug-likeness (QED) is 0.778. The number of hydrogen-bond acceptors (Lipinski definition) is 3. The number of pyridine rings is 1. The second-order valence-electron chi connectivity index (χ2n) is 3.25. The van der Waals surface area contributed by atoms with E-state index < -0.39 is 0 Å². The van der Waals surface area contributed by atoms with Gasteiger partial charge in [0.05, 0.1) is 25.0 Å². The number of halogens is 1. The SMILES string of the molecule is Brc1cccc(CO[C@@H]2CCOC2)n1. The van der Waals surface area contributed by atoms with Crippen LogP contribution in [0.2, 0.25) is 0 Å².